The Morgan fingerprint density at radius 1 is 1.23 bits per heavy atom. The summed E-state index contributed by atoms with van der Waals surface area (Å²) in [4.78, 5) is 21.7. The molecule has 0 radical (unpaired) electrons. The number of methoxy groups -OCH3 is 1. The molecule has 2 heterocycles. The molecule has 0 spiro atoms. The lowest BCUT2D eigenvalue weighted by molar-refractivity contribution is 0.0673. The average molecular weight is 427 g/mol. The van der Waals surface area contributed by atoms with Crippen LogP contribution in [0.25, 0.3) is 0 Å². The normalized spacial score (nSPS) is 16.6. The first-order chi connectivity index (χ1) is 14.5. The summed E-state index contributed by atoms with van der Waals surface area (Å²) in [5, 5.41) is 0.854. The summed E-state index contributed by atoms with van der Waals surface area (Å²) in [5.74, 6) is 1.16. The number of piperazine rings is 1. The molecule has 1 unspecified atom stereocenters. The van der Waals surface area contributed by atoms with Crippen LogP contribution in [0.15, 0.2) is 48.5 Å². The van der Waals surface area contributed by atoms with Gasteiger partial charge in [-0.05, 0) is 42.8 Å². The highest BCUT2D eigenvalue weighted by Gasteiger charge is 2.29. The highest BCUT2D eigenvalue weighted by atomic mass is 32.1. The summed E-state index contributed by atoms with van der Waals surface area (Å²) < 4.78 is 22.8. The second-order valence-electron chi connectivity index (χ2n) is 7.32. The van der Waals surface area contributed by atoms with Crippen LogP contribution in [-0.4, -0.2) is 53.0 Å². The highest BCUT2D eigenvalue weighted by Crippen LogP contribution is 2.24. The minimum Gasteiger partial charge on any atom is -0.497 e. The van der Waals surface area contributed by atoms with Crippen molar-refractivity contribution in [3.05, 3.63) is 71.3 Å². The Bertz CT molecular complexity index is 1020. The molecule has 1 saturated heterocycles. The molecular weight excluding hydrogens is 403 g/mol. The Kier molecular flexibility index (Phi) is 5.94. The van der Waals surface area contributed by atoms with Gasteiger partial charge in [-0.25, -0.2) is 9.37 Å². The van der Waals surface area contributed by atoms with Gasteiger partial charge < -0.3 is 14.5 Å². The van der Waals surface area contributed by atoms with Gasteiger partial charge in [-0.15, -0.1) is 0 Å². The average Bonchev–Trinajstić information content (AvgIpc) is 3.23. The van der Waals surface area contributed by atoms with Crippen LogP contribution in [-0.2, 0) is 6.42 Å². The van der Waals surface area contributed by atoms with Crippen molar-refractivity contribution in [1.82, 2.24) is 14.3 Å². The van der Waals surface area contributed by atoms with Crippen molar-refractivity contribution in [2.75, 3.05) is 31.6 Å². The van der Waals surface area contributed by atoms with Gasteiger partial charge in [-0.1, -0.05) is 18.2 Å². The molecule has 1 atom stereocenters. The van der Waals surface area contributed by atoms with Crippen molar-refractivity contribution < 1.29 is 13.9 Å². The molecule has 6 nitrogen and oxygen atoms in total. The Labute approximate surface area is 179 Å². The van der Waals surface area contributed by atoms with Gasteiger partial charge in [-0.3, -0.25) is 4.79 Å². The van der Waals surface area contributed by atoms with E-state index in [1.165, 1.54) is 23.7 Å². The van der Waals surface area contributed by atoms with E-state index >= 15 is 0 Å². The quantitative estimate of drug-likeness (QED) is 0.624. The van der Waals surface area contributed by atoms with Gasteiger partial charge in [-0.2, -0.15) is 4.37 Å². The lowest BCUT2D eigenvalue weighted by atomic mass is 10.1. The number of aromatic nitrogens is 2. The van der Waals surface area contributed by atoms with Crippen molar-refractivity contribution >= 4 is 22.6 Å². The minimum atomic E-state index is -0.249. The first-order valence-electron chi connectivity index (χ1n) is 9.80. The zero-order valence-corrected chi connectivity index (χ0v) is 17.7. The van der Waals surface area contributed by atoms with Crippen LogP contribution in [0.5, 0.6) is 5.75 Å². The summed E-state index contributed by atoms with van der Waals surface area (Å²) in [6.45, 7) is 4.06. The van der Waals surface area contributed by atoms with E-state index in [4.69, 9.17) is 4.74 Å². The van der Waals surface area contributed by atoms with E-state index in [-0.39, 0.29) is 17.8 Å². The van der Waals surface area contributed by atoms with Crippen molar-refractivity contribution in [3.8, 4) is 5.75 Å². The van der Waals surface area contributed by atoms with Crippen molar-refractivity contribution in [2.24, 2.45) is 0 Å². The van der Waals surface area contributed by atoms with Gasteiger partial charge in [0.05, 0.1) is 7.11 Å². The van der Waals surface area contributed by atoms with E-state index in [1.54, 1.807) is 25.3 Å². The number of anilines is 1. The van der Waals surface area contributed by atoms with Crippen molar-refractivity contribution in [2.45, 2.75) is 19.4 Å². The monoisotopic (exact) mass is 426 g/mol. The maximum Gasteiger partial charge on any atom is 0.254 e. The van der Waals surface area contributed by atoms with Crippen LogP contribution in [0.3, 0.4) is 0 Å². The van der Waals surface area contributed by atoms with E-state index < -0.39 is 0 Å². The molecule has 30 heavy (non-hydrogen) atoms. The summed E-state index contributed by atoms with van der Waals surface area (Å²) in [6, 6.07) is 13.7. The van der Waals surface area contributed by atoms with Gasteiger partial charge in [0.1, 0.15) is 17.4 Å². The molecule has 3 aromatic rings. The number of ether oxygens (including phenoxy) is 1. The second-order valence-corrected chi connectivity index (χ2v) is 8.05. The number of benzene rings is 2. The molecule has 0 bridgehead atoms. The predicted molar refractivity (Wildman–Crippen MR) is 115 cm³/mol. The summed E-state index contributed by atoms with van der Waals surface area (Å²) in [6.07, 6.45) is 0.570. The number of hydrogen-bond donors (Lipinski definition) is 0. The fraction of sp³-hybridized carbons (Fsp3) is 0.318. The fourth-order valence-corrected chi connectivity index (χ4v) is 4.30. The third-order valence-electron chi connectivity index (χ3n) is 5.21. The van der Waals surface area contributed by atoms with E-state index in [0.29, 0.717) is 37.4 Å². The summed E-state index contributed by atoms with van der Waals surface area (Å²) >= 11 is 1.36. The number of amides is 1. The number of carbonyl (C=O) groups excluding carboxylic acids is 1. The van der Waals surface area contributed by atoms with E-state index in [1.807, 2.05) is 30.0 Å². The predicted octanol–water partition coefficient (Wildman–Crippen LogP) is 3.63. The smallest absolute Gasteiger partial charge is 0.254 e. The zero-order chi connectivity index (χ0) is 21.1. The Morgan fingerprint density at radius 2 is 2.03 bits per heavy atom. The molecule has 156 valence electrons. The Morgan fingerprint density at radius 3 is 2.77 bits per heavy atom. The molecule has 4 rings (SSSR count). The zero-order valence-electron chi connectivity index (χ0n) is 16.9. The van der Waals surface area contributed by atoms with Crippen LogP contribution >= 0.6 is 11.5 Å². The Balaban J connectivity index is 1.40. The van der Waals surface area contributed by atoms with Crippen molar-refractivity contribution in [1.29, 1.82) is 0 Å². The molecule has 1 aliphatic heterocycles. The molecule has 1 amide bonds. The maximum absolute atomic E-state index is 13.1. The number of carbonyl (C=O) groups is 1. The maximum atomic E-state index is 13.1. The van der Waals surface area contributed by atoms with Gasteiger partial charge in [0.25, 0.3) is 5.91 Å². The molecule has 0 saturated carbocycles. The SMILES string of the molecule is COc1cccc(C(=O)N2CCN(c3nc(Cc4ccc(F)cc4)ns3)CC2C)c1. The molecule has 1 aliphatic rings. The number of nitrogens with zero attached hydrogens (tertiary/aromatic N) is 4. The molecule has 0 aliphatic carbocycles. The third-order valence-corrected chi connectivity index (χ3v) is 6.02. The standard InChI is InChI=1S/C22H23FN4O2S/c1-15-14-26(10-11-27(15)21(28)17-4-3-5-19(13-17)29-2)22-24-20(25-30-22)12-16-6-8-18(23)9-7-16/h3-9,13,15H,10-12,14H2,1-2H3. The van der Waals surface area contributed by atoms with Gasteiger partial charge >= 0.3 is 0 Å². The molecule has 1 aromatic heterocycles. The number of hydrogen-bond acceptors (Lipinski definition) is 6. The molecule has 1 fully saturated rings. The van der Waals surface area contributed by atoms with E-state index in [0.717, 1.165) is 16.5 Å². The van der Waals surface area contributed by atoms with E-state index in [9.17, 15) is 9.18 Å². The summed E-state index contributed by atoms with van der Waals surface area (Å²) in [7, 11) is 1.59. The lowest BCUT2D eigenvalue weighted by Crippen LogP contribution is -2.54. The number of rotatable bonds is 5. The molecule has 2 aromatic carbocycles. The van der Waals surface area contributed by atoms with E-state index in [2.05, 4.69) is 14.3 Å². The van der Waals surface area contributed by atoms with Crippen LogP contribution in [0.1, 0.15) is 28.7 Å². The van der Waals surface area contributed by atoms with Crippen LogP contribution in [0.2, 0.25) is 0 Å². The van der Waals surface area contributed by atoms with Gasteiger partial charge in [0, 0.05) is 49.2 Å². The van der Waals surface area contributed by atoms with Crippen LogP contribution < -0.4 is 9.64 Å². The van der Waals surface area contributed by atoms with Crippen molar-refractivity contribution in [3.63, 3.8) is 0 Å². The largest absolute Gasteiger partial charge is 0.497 e. The minimum absolute atomic E-state index is 0.00955. The first kappa shape index (κ1) is 20.3. The topological polar surface area (TPSA) is 58.6 Å². The Hall–Kier alpha value is -3.00. The van der Waals surface area contributed by atoms with Gasteiger partial charge in [0.15, 0.2) is 0 Å². The second kappa shape index (κ2) is 8.79. The first-order valence-corrected chi connectivity index (χ1v) is 10.6. The number of halogens is 1. The lowest BCUT2D eigenvalue weighted by Gasteiger charge is -2.39. The molecular formula is C22H23FN4O2S. The third kappa shape index (κ3) is 4.43. The van der Waals surface area contributed by atoms with Gasteiger partial charge in [0.2, 0.25) is 5.13 Å². The fourth-order valence-electron chi connectivity index (χ4n) is 3.58. The van der Waals surface area contributed by atoms with Crippen LogP contribution in [0.4, 0.5) is 9.52 Å². The van der Waals surface area contributed by atoms with Crippen LogP contribution in [0, 0.1) is 5.82 Å². The summed E-state index contributed by atoms with van der Waals surface area (Å²) in [5.41, 5.74) is 1.61. The molecule has 8 heteroatoms. The highest BCUT2D eigenvalue weighted by molar-refractivity contribution is 7.09. The molecule has 0 N–H and O–H groups in total.